The van der Waals surface area contributed by atoms with E-state index in [0.29, 0.717) is 5.75 Å². The number of halogens is 4. The highest BCUT2D eigenvalue weighted by atomic mass is 127. The Bertz CT molecular complexity index is 1030. The van der Waals surface area contributed by atoms with E-state index in [2.05, 4.69) is 49.9 Å². The normalized spacial score (nSPS) is 30.7. The van der Waals surface area contributed by atoms with E-state index in [0.717, 1.165) is 7.14 Å². The maximum atomic E-state index is 13.5. The third kappa shape index (κ3) is 3.41. The number of hydrogen-bond acceptors (Lipinski definition) is 8. The molecule has 4 atom stereocenters. The van der Waals surface area contributed by atoms with Crippen LogP contribution in [0, 0.1) is 7.14 Å². The maximum Gasteiger partial charge on any atom is 0.465 e. The van der Waals surface area contributed by atoms with Crippen molar-refractivity contribution in [1.29, 1.82) is 0 Å². The van der Waals surface area contributed by atoms with Gasteiger partial charge in [-0.25, -0.2) is 9.59 Å². The van der Waals surface area contributed by atoms with Crippen LogP contribution >= 0.6 is 56.9 Å². The number of carbonyl (C=O) groups excluding carboxylic acids is 2. The molecule has 3 aliphatic heterocycles. The molecule has 158 valence electrons. The zero-order valence-electron chi connectivity index (χ0n) is 13.9. The molecular formula is C15H10F2I2O8S2. The summed E-state index contributed by atoms with van der Waals surface area (Å²) in [6.07, 6.45) is -0.939. The second-order valence-electron chi connectivity index (χ2n) is 6.58. The van der Waals surface area contributed by atoms with E-state index in [1.807, 2.05) is 0 Å². The largest absolute Gasteiger partial charge is 0.465 e. The van der Waals surface area contributed by atoms with Crippen LogP contribution in [0.2, 0.25) is 0 Å². The molecule has 8 nitrogen and oxygen atoms in total. The number of rotatable bonds is 3. The molecule has 0 radical (unpaired) electrons. The lowest BCUT2D eigenvalue weighted by atomic mass is 9.90. The van der Waals surface area contributed by atoms with Gasteiger partial charge in [-0.05, 0) is 57.3 Å². The molecule has 4 rings (SSSR count). The van der Waals surface area contributed by atoms with Gasteiger partial charge in [0.2, 0.25) is 0 Å². The minimum absolute atomic E-state index is 0.0196. The predicted octanol–water partition coefficient (Wildman–Crippen LogP) is 2.81. The summed E-state index contributed by atoms with van der Waals surface area (Å²) in [5.74, 6) is -3.85. The molecule has 1 N–H and O–H groups in total. The Labute approximate surface area is 194 Å². The smallest absolute Gasteiger partial charge is 0.456 e. The maximum absolute atomic E-state index is 13.5. The van der Waals surface area contributed by atoms with Crippen LogP contribution in [0.5, 0.6) is 5.75 Å². The van der Waals surface area contributed by atoms with Gasteiger partial charge in [0.05, 0.1) is 8.82 Å². The summed E-state index contributed by atoms with van der Waals surface area (Å²) < 4.78 is 74.7. The predicted molar refractivity (Wildman–Crippen MR) is 111 cm³/mol. The molecule has 0 amide bonds. The van der Waals surface area contributed by atoms with Crippen LogP contribution in [-0.2, 0) is 24.4 Å². The van der Waals surface area contributed by atoms with Crippen LogP contribution < -0.4 is 4.74 Å². The lowest BCUT2D eigenvalue weighted by Gasteiger charge is -2.41. The zero-order chi connectivity index (χ0) is 21.4. The van der Waals surface area contributed by atoms with Crippen molar-refractivity contribution in [1.82, 2.24) is 0 Å². The first-order valence-corrected chi connectivity index (χ1v) is 12.5. The average molecular weight is 674 g/mol. The SMILES string of the molecule is O=C1OC2(CC3SC2CC3OC(=O)C(F)(F)S(=O)(=O)O)Oc2c1ccc(I)c2I. The molecule has 3 aliphatic rings. The summed E-state index contributed by atoms with van der Waals surface area (Å²) in [5, 5.41) is -6.11. The highest BCUT2D eigenvalue weighted by Gasteiger charge is 2.65. The van der Waals surface area contributed by atoms with Crippen LogP contribution in [-0.4, -0.2) is 52.6 Å². The minimum Gasteiger partial charge on any atom is -0.456 e. The fourth-order valence-electron chi connectivity index (χ4n) is 3.44. The fraction of sp³-hybridized carbons (Fsp3) is 0.467. The summed E-state index contributed by atoms with van der Waals surface area (Å²) >= 11 is 5.40. The van der Waals surface area contributed by atoms with Crippen LogP contribution in [0.4, 0.5) is 8.78 Å². The van der Waals surface area contributed by atoms with E-state index in [9.17, 15) is 26.8 Å². The van der Waals surface area contributed by atoms with Gasteiger partial charge in [0.25, 0.3) is 5.79 Å². The lowest BCUT2D eigenvalue weighted by molar-refractivity contribution is -0.185. The molecule has 29 heavy (non-hydrogen) atoms. The van der Waals surface area contributed by atoms with Crippen molar-refractivity contribution in [3.05, 3.63) is 24.8 Å². The summed E-state index contributed by atoms with van der Waals surface area (Å²) in [7, 11) is -5.94. The highest BCUT2D eigenvalue weighted by Crippen LogP contribution is 2.57. The lowest BCUT2D eigenvalue weighted by Crippen LogP contribution is -2.54. The number of fused-ring (bicyclic) bond motifs is 4. The third-order valence-electron chi connectivity index (χ3n) is 4.81. The van der Waals surface area contributed by atoms with Gasteiger partial charge in [-0.2, -0.15) is 17.2 Å². The molecule has 0 aromatic heterocycles. The minimum atomic E-state index is -5.94. The van der Waals surface area contributed by atoms with Gasteiger partial charge in [-0.15, -0.1) is 11.8 Å². The van der Waals surface area contributed by atoms with E-state index in [1.54, 1.807) is 12.1 Å². The molecule has 2 bridgehead atoms. The van der Waals surface area contributed by atoms with Crippen molar-refractivity contribution < 1.29 is 45.6 Å². The van der Waals surface area contributed by atoms with Gasteiger partial charge in [-0.3, -0.25) is 4.55 Å². The van der Waals surface area contributed by atoms with E-state index in [1.165, 1.54) is 11.8 Å². The van der Waals surface area contributed by atoms with Gasteiger partial charge in [0, 0.05) is 21.7 Å². The molecule has 2 saturated heterocycles. The van der Waals surface area contributed by atoms with Crippen LogP contribution in [0.15, 0.2) is 12.1 Å². The number of alkyl halides is 2. The van der Waals surface area contributed by atoms with E-state index in [-0.39, 0.29) is 18.4 Å². The second-order valence-corrected chi connectivity index (χ2v) is 11.7. The van der Waals surface area contributed by atoms with Gasteiger partial charge in [-0.1, -0.05) is 0 Å². The number of ether oxygens (including phenoxy) is 3. The second kappa shape index (κ2) is 7.03. The molecular weight excluding hydrogens is 664 g/mol. The first-order chi connectivity index (χ1) is 13.4. The summed E-state index contributed by atoms with van der Waals surface area (Å²) in [6.45, 7) is 0. The average Bonchev–Trinajstić information content (AvgIpc) is 3.15. The van der Waals surface area contributed by atoms with E-state index in [4.69, 9.17) is 14.0 Å². The van der Waals surface area contributed by atoms with Gasteiger partial charge >= 0.3 is 27.3 Å². The topological polar surface area (TPSA) is 116 Å². The number of carbonyl (C=O) groups is 2. The number of esters is 2. The Balaban J connectivity index is 1.53. The molecule has 1 spiro atoms. The van der Waals surface area contributed by atoms with Crippen molar-refractivity contribution in [3.8, 4) is 5.75 Å². The molecule has 4 unspecified atom stereocenters. The molecule has 1 aromatic rings. The molecule has 14 heteroatoms. The molecule has 2 fully saturated rings. The fourth-order valence-corrected chi connectivity index (χ4v) is 6.50. The quantitative estimate of drug-likeness (QED) is 0.294. The van der Waals surface area contributed by atoms with Gasteiger partial charge in [0.15, 0.2) is 5.75 Å². The Kier molecular flexibility index (Phi) is 5.27. The van der Waals surface area contributed by atoms with Crippen molar-refractivity contribution >= 4 is 79.0 Å². The number of benzene rings is 1. The first kappa shape index (κ1) is 21.8. The Morgan fingerprint density at radius 3 is 2.62 bits per heavy atom. The molecule has 1 aromatic carbocycles. The Morgan fingerprint density at radius 2 is 2.03 bits per heavy atom. The van der Waals surface area contributed by atoms with Gasteiger partial charge < -0.3 is 14.2 Å². The van der Waals surface area contributed by atoms with Crippen LogP contribution in [0.25, 0.3) is 0 Å². The molecule has 0 saturated carbocycles. The molecule has 3 heterocycles. The zero-order valence-corrected chi connectivity index (χ0v) is 19.9. The summed E-state index contributed by atoms with van der Waals surface area (Å²) in [5.41, 5.74) is 0.281. The monoisotopic (exact) mass is 674 g/mol. The van der Waals surface area contributed by atoms with Crippen molar-refractivity contribution in [2.45, 2.75) is 40.5 Å². The Morgan fingerprint density at radius 1 is 1.34 bits per heavy atom. The summed E-state index contributed by atoms with van der Waals surface area (Å²) in [6, 6.07) is 3.35. The van der Waals surface area contributed by atoms with Crippen molar-refractivity contribution in [3.63, 3.8) is 0 Å². The van der Waals surface area contributed by atoms with Crippen molar-refractivity contribution in [2.24, 2.45) is 0 Å². The van der Waals surface area contributed by atoms with Crippen molar-refractivity contribution in [2.75, 3.05) is 0 Å². The number of hydrogen-bond donors (Lipinski definition) is 1. The summed E-state index contributed by atoms with van der Waals surface area (Å²) in [4.78, 5) is 24.1. The standard InChI is InChI=1S/C15H10F2I2O8S2/c16-15(17,29(22,23)24)13(21)25-7-3-9-14(4-8(7)28-9)26-11-5(12(20)27-14)1-2-6(18)10(11)19/h1-2,7-9H,3-4H2,(H,22,23,24). The van der Waals surface area contributed by atoms with Crippen LogP contribution in [0.1, 0.15) is 23.2 Å². The van der Waals surface area contributed by atoms with E-state index < -0.39 is 49.7 Å². The molecule has 0 aliphatic carbocycles. The van der Waals surface area contributed by atoms with E-state index >= 15 is 0 Å². The Hall–Kier alpha value is -0.460. The van der Waals surface area contributed by atoms with Crippen LogP contribution in [0.3, 0.4) is 0 Å². The highest BCUT2D eigenvalue weighted by molar-refractivity contribution is 14.1. The first-order valence-electron chi connectivity index (χ1n) is 7.97. The third-order valence-corrected chi connectivity index (χ3v) is 10.3. The van der Waals surface area contributed by atoms with Gasteiger partial charge in [0.1, 0.15) is 11.7 Å². The number of thioether (sulfide) groups is 1.